The van der Waals surface area contributed by atoms with Gasteiger partial charge in [0, 0.05) is 0 Å². The first kappa shape index (κ1) is 16.4. The molecule has 0 bridgehead atoms. The van der Waals surface area contributed by atoms with Gasteiger partial charge < -0.3 is 9.84 Å². The van der Waals surface area contributed by atoms with Crippen LogP contribution < -0.4 is 0 Å². The Morgan fingerprint density at radius 3 is 2.50 bits per heavy atom. The van der Waals surface area contributed by atoms with Gasteiger partial charge in [0.1, 0.15) is 16.5 Å². The Hall–Kier alpha value is -1.66. The molecule has 0 fully saturated rings. The third kappa shape index (κ3) is 3.46. The standard InChI is InChI=1S/C12H10Cl2FNO4/c1-3-20-12(19)8(5(2)17)9(18)6-4-7(15)11(14)16-10(6)13/h4,18H,3H2,1-2H3/b9-8+. The van der Waals surface area contributed by atoms with Gasteiger partial charge in [-0.3, -0.25) is 4.79 Å². The molecule has 8 heteroatoms. The van der Waals surface area contributed by atoms with E-state index in [-0.39, 0.29) is 17.3 Å². The van der Waals surface area contributed by atoms with Gasteiger partial charge in [0.25, 0.3) is 0 Å². The average Bonchev–Trinajstić information content (AvgIpc) is 2.33. The summed E-state index contributed by atoms with van der Waals surface area (Å²) < 4.78 is 18.0. The lowest BCUT2D eigenvalue weighted by atomic mass is 10.1. The molecule has 5 nitrogen and oxygen atoms in total. The minimum absolute atomic E-state index is 0.00382. The van der Waals surface area contributed by atoms with Crippen LogP contribution in [0.3, 0.4) is 0 Å². The highest BCUT2D eigenvalue weighted by molar-refractivity contribution is 6.34. The van der Waals surface area contributed by atoms with E-state index in [0.717, 1.165) is 13.0 Å². The van der Waals surface area contributed by atoms with Gasteiger partial charge in [-0.1, -0.05) is 23.2 Å². The Morgan fingerprint density at radius 1 is 1.40 bits per heavy atom. The molecule has 20 heavy (non-hydrogen) atoms. The van der Waals surface area contributed by atoms with E-state index < -0.39 is 34.1 Å². The van der Waals surface area contributed by atoms with Crippen LogP contribution in [0.4, 0.5) is 4.39 Å². The van der Waals surface area contributed by atoms with Crippen LogP contribution in [0.15, 0.2) is 11.6 Å². The molecule has 0 aromatic carbocycles. The minimum Gasteiger partial charge on any atom is -0.506 e. The lowest BCUT2D eigenvalue weighted by molar-refractivity contribution is -0.139. The van der Waals surface area contributed by atoms with Gasteiger partial charge in [-0.15, -0.1) is 0 Å². The molecule has 0 aliphatic heterocycles. The Kier molecular flexibility index (Phi) is 5.47. The molecule has 1 N–H and O–H groups in total. The maximum atomic E-state index is 13.3. The van der Waals surface area contributed by atoms with Crippen LogP contribution in [0.2, 0.25) is 10.3 Å². The fourth-order valence-corrected chi connectivity index (χ4v) is 1.77. The van der Waals surface area contributed by atoms with Gasteiger partial charge in [-0.25, -0.2) is 14.2 Å². The van der Waals surface area contributed by atoms with Gasteiger partial charge in [-0.2, -0.15) is 0 Å². The van der Waals surface area contributed by atoms with Gasteiger partial charge in [0.15, 0.2) is 16.8 Å². The topological polar surface area (TPSA) is 76.5 Å². The van der Waals surface area contributed by atoms with Crippen LogP contribution in [-0.4, -0.2) is 28.4 Å². The van der Waals surface area contributed by atoms with Crippen molar-refractivity contribution in [1.82, 2.24) is 4.98 Å². The van der Waals surface area contributed by atoms with Crippen molar-refractivity contribution in [3.8, 4) is 0 Å². The summed E-state index contributed by atoms with van der Waals surface area (Å²) in [6.45, 7) is 2.59. The summed E-state index contributed by atoms with van der Waals surface area (Å²) in [6, 6.07) is 0.773. The molecule has 0 spiro atoms. The van der Waals surface area contributed by atoms with Gasteiger partial charge in [0.05, 0.1) is 12.2 Å². The van der Waals surface area contributed by atoms with Crippen LogP contribution in [0.1, 0.15) is 19.4 Å². The summed E-state index contributed by atoms with van der Waals surface area (Å²) in [4.78, 5) is 26.5. The van der Waals surface area contributed by atoms with Crippen LogP contribution in [0.5, 0.6) is 0 Å². The van der Waals surface area contributed by atoms with Crippen molar-refractivity contribution in [2.24, 2.45) is 0 Å². The van der Waals surface area contributed by atoms with E-state index in [9.17, 15) is 19.1 Å². The van der Waals surface area contributed by atoms with E-state index in [0.29, 0.717) is 0 Å². The number of aromatic nitrogens is 1. The second-order valence-electron chi connectivity index (χ2n) is 3.60. The van der Waals surface area contributed by atoms with Crippen LogP contribution >= 0.6 is 23.2 Å². The number of carbonyl (C=O) groups excluding carboxylic acids is 2. The van der Waals surface area contributed by atoms with Crippen molar-refractivity contribution < 1.29 is 23.8 Å². The molecule has 108 valence electrons. The molecule has 0 saturated carbocycles. The van der Waals surface area contributed by atoms with Crippen LogP contribution in [-0.2, 0) is 14.3 Å². The summed E-state index contributed by atoms with van der Waals surface area (Å²) in [5.41, 5.74) is -0.968. The Bertz CT molecular complexity index is 601. The molecule has 1 rings (SSSR count). The lowest BCUT2D eigenvalue weighted by Gasteiger charge is -2.09. The van der Waals surface area contributed by atoms with Crippen molar-refractivity contribution in [3.63, 3.8) is 0 Å². The zero-order chi connectivity index (χ0) is 15.4. The van der Waals surface area contributed by atoms with E-state index in [2.05, 4.69) is 9.72 Å². The van der Waals surface area contributed by atoms with E-state index in [1.54, 1.807) is 0 Å². The first-order valence-corrected chi connectivity index (χ1v) is 6.18. The second-order valence-corrected chi connectivity index (χ2v) is 4.32. The molecule has 0 aliphatic rings. The van der Waals surface area contributed by atoms with Gasteiger partial charge in [0.2, 0.25) is 0 Å². The maximum Gasteiger partial charge on any atom is 0.345 e. The zero-order valence-electron chi connectivity index (χ0n) is 10.5. The largest absolute Gasteiger partial charge is 0.506 e. The first-order chi connectivity index (χ1) is 9.29. The van der Waals surface area contributed by atoms with Crippen molar-refractivity contribution in [2.45, 2.75) is 13.8 Å². The number of ether oxygens (including phenoxy) is 1. The van der Waals surface area contributed by atoms with Crippen LogP contribution in [0, 0.1) is 5.82 Å². The van der Waals surface area contributed by atoms with Crippen molar-refractivity contribution in [1.29, 1.82) is 0 Å². The molecule has 1 aromatic rings. The summed E-state index contributed by atoms with van der Waals surface area (Å²) in [6.07, 6.45) is 0. The number of hydrogen-bond acceptors (Lipinski definition) is 5. The summed E-state index contributed by atoms with van der Waals surface area (Å²) in [5.74, 6) is -3.57. The molecule has 0 aliphatic carbocycles. The molecule has 1 aromatic heterocycles. The van der Waals surface area contributed by atoms with Crippen molar-refractivity contribution >= 4 is 40.7 Å². The maximum absolute atomic E-state index is 13.3. The van der Waals surface area contributed by atoms with Crippen LogP contribution in [0.25, 0.3) is 5.76 Å². The zero-order valence-corrected chi connectivity index (χ0v) is 12.0. The number of aliphatic hydroxyl groups excluding tert-OH is 1. The van der Waals surface area contributed by atoms with Gasteiger partial charge in [-0.05, 0) is 19.9 Å². The number of esters is 1. The molecular weight excluding hydrogens is 312 g/mol. The first-order valence-electron chi connectivity index (χ1n) is 5.42. The third-order valence-corrected chi connectivity index (χ3v) is 2.76. The normalized spacial score (nSPS) is 11.8. The predicted octanol–water partition coefficient (Wildman–Crippen LogP) is 2.95. The lowest BCUT2D eigenvalue weighted by Crippen LogP contribution is -2.16. The number of aliphatic hydroxyl groups is 1. The van der Waals surface area contributed by atoms with E-state index >= 15 is 0 Å². The van der Waals surface area contributed by atoms with E-state index in [4.69, 9.17) is 23.2 Å². The molecule has 0 saturated heterocycles. The number of nitrogens with zero attached hydrogens (tertiary/aromatic N) is 1. The minimum atomic E-state index is -1.04. The van der Waals surface area contributed by atoms with Crippen molar-refractivity contribution in [2.75, 3.05) is 6.61 Å². The summed E-state index contributed by atoms with van der Waals surface area (Å²) in [7, 11) is 0. The molecule has 0 atom stereocenters. The third-order valence-electron chi connectivity index (χ3n) is 2.21. The SMILES string of the molecule is CCOC(=O)/C(C(C)=O)=C(/O)c1cc(F)c(Cl)nc1Cl. The number of carbonyl (C=O) groups is 2. The Labute approximate surface area is 124 Å². The summed E-state index contributed by atoms with van der Waals surface area (Å²) >= 11 is 11.1. The van der Waals surface area contributed by atoms with E-state index in [1.165, 1.54) is 6.92 Å². The number of ketones is 1. The monoisotopic (exact) mass is 321 g/mol. The van der Waals surface area contributed by atoms with Crippen molar-refractivity contribution in [3.05, 3.63) is 33.3 Å². The highest BCUT2D eigenvalue weighted by Crippen LogP contribution is 2.27. The fraction of sp³-hybridized carbons (Fsp3) is 0.250. The number of halogens is 3. The second kappa shape index (κ2) is 6.67. The number of hydrogen-bond donors (Lipinski definition) is 1. The quantitative estimate of drug-likeness (QED) is 0.230. The highest BCUT2D eigenvalue weighted by Gasteiger charge is 2.25. The highest BCUT2D eigenvalue weighted by atomic mass is 35.5. The molecule has 0 amide bonds. The number of rotatable bonds is 4. The molecular formula is C12H10Cl2FNO4. The Morgan fingerprint density at radius 2 is 2.00 bits per heavy atom. The van der Waals surface area contributed by atoms with E-state index in [1.807, 2.05) is 0 Å². The molecule has 1 heterocycles. The van der Waals surface area contributed by atoms with Gasteiger partial charge >= 0.3 is 5.97 Å². The smallest absolute Gasteiger partial charge is 0.345 e. The number of pyridine rings is 1. The molecule has 0 unspecified atom stereocenters. The average molecular weight is 322 g/mol. The predicted molar refractivity (Wildman–Crippen MR) is 71.1 cm³/mol. The Balaban J connectivity index is 3.47. The fourth-order valence-electron chi connectivity index (χ4n) is 1.36. The number of Topliss-reactive ketones (excluding diaryl/α,β-unsaturated/α-hetero) is 1. The summed E-state index contributed by atoms with van der Waals surface area (Å²) in [5, 5.41) is 9.12. The molecule has 0 radical (unpaired) electrons.